The van der Waals surface area contributed by atoms with E-state index in [1.807, 2.05) is 0 Å². The molecule has 0 saturated carbocycles. The summed E-state index contributed by atoms with van der Waals surface area (Å²) in [5.41, 5.74) is 0. The van der Waals surface area contributed by atoms with E-state index in [1.54, 1.807) is 0 Å². The van der Waals surface area contributed by atoms with Crippen LogP contribution < -0.4 is 0 Å². The lowest BCUT2D eigenvalue weighted by Crippen LogP contribution is -2.33. The van der Waals surface area contributed by atoms with Gasteiger partial charge in [-0.15, -0.1) is 0 Å². The number of hydrogen-bond acceptors (Lipinski definition) is 3. The van der Waals surface area contributed by atoms with E-state index in [0.717, 1.165) is 19.6 Å². The highest BCUT2D eigenvalue weighted by Crippen LogP contribution is 2.06. The molecule has 96 valence electrons. The van der Waals surface area contributed by atoms with Crippen molar-refractivity contribution in [3.05, 3.63) is 0 Å². The van der Waals surface area contributed by atoms with Gasteiger partial charge in [0.1, 0.15) is 0 Å². The summed E-state index contributed by atoms with van der Waals surface area (Å²) in [6.07, 6.45) is 4.30. The highest BCUT2D eigenvalue weighted by molar-refractivity contribution is 4.67. The Morgan fingerprint density at radius 1 is 1.25 bits per heavy atom. The topological polar surface area (TPSA) is 15.7 Å². The molecular formula is C13H28N2O. The zero-order chi connectivity index (χ0) is 11.8. The molecule has 3 nitrogen and oxygen atoms in total. The summed E-state index contributed by atoms with van der Waals surface area (Å²) < 4.78 is 5.68. The zero-order valence-electron chi connectivity index (χ0n) is 11.2. The minimum atomic E-state index is 0.409. The van der Waals surface area contributed by atoms with Crippen LogP contribution in [0.5, 0.6) is 0 Å². The molecule has 1 aliphatic rings. The van der Waals surface area contributed by atoms with E-state index in [9.17, 15) is 0 Å². The summed E-state index contributed by atoms with van der Waals surface area (Å²) >= 11 is 0. The van der Waals surface area contributed by atoms with Gasteiger partial charge < -0.3 is 14.5 Å². The van der Waals surface area contributed by atoms with Gasteiger partial charge in [0.15, 0.2) is 0 Å². The highest BCUT2D eigenvalue weighted by Gasteiger charge is 2.11. The zero-order valence-corrected chi connectivity index (χ0v) is 11.2. The Hall–Kier alpha value is -0.120. The minimum absolute atomic E-state index is 0.409. The molecule has 16 heavy (non-hydrogen) atoms. The molecule has 1 heterocycles. The van der Waals surface area contributed by atoms with Crippen LogP contribution in [0.2, 0.25) is 0 Å². The van der Waals surface area contributed by atoms with Crippen LogP contribution in [0.4, 0.5) is 0 Å². The van der Waals surface area contributed by atoms with E-state index < -0.39 is 0 Å². The Morgan fingerprint density at radius 3 is 2.56 bits per heavy atom. The van der Waals surface area contributed by atoms with Crippen molar-refractivity contribution in [1.82, 2.24) is 9.80 Å². The van der Waals surface area contributed by atoms with E-state index >= 15 is 0 Å². The molecule has 0 bridgehead atoms. The monoisotopic (exact) mass is 228 g/mol. The van der Waals surface area contributed by atoms with Crippen LogP contribution >= 0.6 is 0 Å². The molecule has 1 fully saturated rings. The van der Waals surface area contributed by atoms with Crippen LogP contribution in [0.15, 0.2) is 0 Å². The van der Waals surface area contributed by atoms with Gasteiger partial charge in [0.2, 0.25) is 0 Å². The summed E-state index contributed by atoms with van der Waals surface area (Å²) in [6.45, 7) is 11.2. The Morgan fingerprint density at radius 2 is 1.94 bits per heavy atom. The van der Waals surface area contributed by atoms with E-state index in [1.165, 1.54) is 39.0 Å². The van der Waals surface area contributed by atoms with Gasteiger partial charge in [-0.05, 0) is 46.3 Å². The van der Waals surface area contributed by atoms with Crippen molar-refractivity contribution in [3.8, 4) is 0 Å². The Bertz CT molecular complexity index is 169. The van der Waals surface area contributed by atoms with Crippen molar-refractivity contribution in [3.63, 3.8) is 0 Å². The van der Waals surface area contributed by atoms with Crippen LogP contribution in [0.25, 0.3) is 0 Å². The second-order valence-corrected chi connectivity index (χ2v) is 4.94. The normalized spacial score (nSPS) is 19.5. The molecular weight excluding hydrogens is 200 g/mol. The predicted molar refractivity (Wildman–Crippen MR) is 68.9 cm³/mol. The van der Waals surface area contributed by atoms with Crippen LogP contribution in [-0.2, 0) is 4.74 Å². The first kappa shape index (κ1) is 13.9. The van der Waals surface area contributed by atoms with Gasteiger partial charge in [0.25, 0.3) is 0 Å². The van der Waals surface area contributed by atoms with Gasteiger partial charge in [-0.2, -0.15) is 0 Å². The Labute approximate surface area is 101 Å². The third-order valence-corrected chi connectivity index (χ3v) is 3.45. The molecule has 1 unspecified atom stereocenters. The van der Waals surface area contributed by atoms with Gasteiger partial charge in [-0.1, -0.05) is 6.92 Å². The van der Waals surface area contributed by atoms with E-state index in [4.69, 9.17) is 4.74 Å². The average Bonchev–Trinajstić information content (AvgIpc) is 2.79. The lowest BCUT2D eigenvalue weighted by Gasteiger charge is -2.21. The number of rotatable bonds is 8. The number of hydrogen-bond donors (Lipinski definition) is 0. The van der Waals surface area contributed by atoms with Crippen LogP contribution in [0.1, 0.15) is 33.1 Å². The first-order valence-electron chi connectivity index (χ1n) is 6.75. The van der Waals surface area contributed by atoms with Crippen molar-refractivity contribution < 1.29 is 4.74 Å². The number of ether oxygens (including phenoxy) is 1. The second kappa shape index (κ2) is 8.04. The molecule has 0 amide bonds. The fraction of sp³-hybridized carbons (Fsp3) is 1.00. The van der Waals surface area contributed by atoms with Gasteiger partial charge in [0.05, 0.1) is 12.7 Å². The molecule has 3 heteroatoms. The van der Waals surface area contributed by atoms with Crippen molar-refractivity contribution in [1.29, 1.82) is 0 Å². The smallest absolute Gasteiger partial charge is 0.0596 e. The quantitative estimate of drug-likeness (QED) is 0.630. The lowest BCUT2D eigenvalue weighted by molar-refractivity contribution is 0.0494. The SMILES string of the molecule is CCC(C)OCCN(C)CCN1CCCC1. The van der Waals surface area contributed by atoms with Crippen LogP contribution in [-0.4, -0.2) is 62.3 Å². The van der Waals surface area contributed by atoms with Crippen LogP contribution in [0, 0.1) is 0 Å². The molecule has 0 aromatic carbocycles. The molecule has 0 aromatic heterocycles. The summed E-state index contributed by atoms with van der Waals surface area (Å²) in [4.78, 5) is 4.94. The van der Waals surface area contributed by atoms with Gasteiger partial charge >= 0.3 is 0 Å². The Balaban J connectivity index is 1.95. The lowest BCUT2D eigenvalue weighted by atomic mass is 10.3. The van der Waals surface area contributed by atoms with Crippen LogP contribution in [0.3, 0.4) is 0 Å². The molecule has 0 aliphatic carbocycles. The largest absolute Gasteiger partial charge is 0.377 e. The minimum Gasteiger partial charge on any atom is -0.377 e. The van der Waals surface area contributed by atoms with E-state index in [0.29, 0.717) is 6.10 Å². The van der Waals surface area contributed by atoms with Gasteiger partial charge in [0, 0.05) is 19.6 Å². The average molecular weight is 228 g/mol. The maximum absolute atomic E-state index is 5.68. The molecule has 1 saturated heterocycles. The highest BCUT2D eigenvalue weighted by atomic mass is 16.5. The third kappa shape index (κ3) is 5.83. The van der Waals surface area contributed by atoms with Gasteiger partial charge in [-0.3, -0.25) is 0 Å². The molecule has 1 rings (SSSR count). The fourth-order valence-corrected chi connectivity index (χ4v) is 1.96. The third-order valence-electron chi connectivity index (χ3n) is 3.45. The molecule has 0 aromatic rings. The number of likely N-dealkylation sites (N-methyl/N-ethyl adjacent to an activating group) is 1. The maximum atomic E-state index is 5.68. The number of likely N-dealkylation sites (tertiary alicyclic amines) is 1. The standard InChI is InChI=1S/C13H28N2O/c1-4-13(2)16-12-11-14(3)9-10-15-7-5-6-8-15/h13H,4-12H2,1-3H3. The van der Waals surface area contributed by atoms with Gasteiger partial charge in [-0.25, -0.2) is 0 Å². The summed E-state index contributed by atoms with van der Waals surface area (Å²) in [5.74, 6) is 0. The Kier molecular flexibility index (Phi) is 7.01. The molecule has 0 radical (unpaired) electrons. The van der Waals surface area contributed by atoms with E-state index in [-0.39, 0.29) is 0 Å². The molecule has 0 spiro atoms. The van der Waals surface area contributed by atoms with Crippen molar-refractivity contribution in [2.24, 2.45) is 0 Å². The molecule has 0 N–H and O–H groups in total. The molecule has 1 atom stereocenters. The summed E-state index contributed by atoms with van der Waals surface area (Å²) in [5, 5.41) is 0. The molecule has 1 aliphatic heterocycles. The maximum Gasteiger partial charge on any atom is 0.0596 e. The second-order valence-electron chi connectivity index (χ2n) is 4.94. The van der Waals surface area contributed by atoms with Crippen molar-refractivity contribution >= 4 is 0 Å². The fourth-order valence-electron chi connectivity index (χ4n) is 1.96. The van der Waals surface area contributed by atoms with E-state index in [2.05, 4.69) is 30.7 Å². The first-order valence-corrected chi connectivity index (χ1v) is 6.75. The van der Waals surface area contributed by atoms with Crippen molar-refractivity contribution in [2.75, 3.05) is 46.4 Å². The van der Waals surface area contributed by atoms with Crippen molar-refractivity contribution in [2.45, 2.75) is 39.2 Å². The predicted octanol–water partition coefficient (Wildman–Crippen LogP) is 1.83. The number of nitrogens with zero attached hydrogens (tertiary/aromatic N) is 2. The summed E-state index contributed by atoms with van der Waals surface area (Å²) in [7, 11) is 2.19. The first-order chi connectivity index (χ1) is 7.72. The summed E-state index contributed by atoms with van der Waals surface area (Å²) in [6, 6.07) is 0.